The van der Waals surface area contributed by atoms with E-state index in [1.165, 1.54) is 28.4 Å². The Labute approximate surface area is 249 Å². The van der Waals surface area contributed by atoms with E-state index < -0.39 is 34.7 Å². The number of benzene rings is 2. The summed E-state index contributed by atoms with van der Waals surface area (Å²) in [6, 6.07) is 18.8. The molecule has 1 saturated heterocycles. The van der Waals surface area contributed by atoms with Gasteiger partial charge in [-0.3, -0.25) is 14.4 Å². The van der Waals surface area contributed by atoms with Gasteiger partial charge in [-0.15, -0.1) is 23.5 Å². The average molecular weight is 593 g/mol. The van der Waals surface area contributed by atoms with Gasteiger partial charge in [-0.05, 0) is 62.3 Å². The van der Waals surface area contributed by atoms with E-state index in [2.05, 4.69) is 15.6 Å². The second-order valence-electron chi connectivity index (χ2n) is 10.5. The van der Waals surface area contributed by atoms with Crippen molar-refractivity contribution in [3.8, 4) is 0 Å². The molecular formula is C31H36N4O4S2. The quantitative estimate of drug-likeness (QED) is 0.307. The van der Waals surface area contributed by atoms with Gasteiger partial charge in [-0.2, -0.15) is 0 Å². The summed E-state index contributed by atoms with van der Waals surface area (Å²) in [6.45, 7) is 6.16. The maximum absolute atomic E-state index is 13.9. The molecule has 3 amide bonds. The third-order valence-corrected chi connectivity index (χ3v) is 9.34. The first-order chi connectivity index (χ1) is 19.6. The zero-order chi connectivity index (χ0) is 29.6. The van der Waals surface area contributed by atoms with Gasteiger partial charge in [0.25, 0.3) is 11.8 Å². The zero-order valence-corrected chi connectivity index (χ0v) is 25.3. The van der Waals surface area contributed by atoms with Crippen LogP contribution in [0.1, 0.15) is 40.9 Å². The van der Waals surface area contributed by atoms with Crippen LogP contribution in [0, 0.1) is 6.92 Å². The molecule has 3 N–H and O–H groups in total. The number of hydrogen-bond donors (Lipinski definition) is 3. The average Bonchev–Trinajstić information content (AvgIpc) is 3.30. The predicted octanol–water partition coefficient (Wildman–Crippen LogP) is 3.81. The number of pyridine rings is 1. The molecule has 3 aromatic rings. The van der Waals surface area contributed by atoms with Crippen LogP contribution in [0.25, 0.3) is 0 Å². The van der Waals surface area contributed by atoms with E-state index in [4.69, 9.17) is 0 Å². The molecule has 10 heteroatoms. The van der Waals surface area contributed by atoms with E-state index in [1.807, 2.05) is 81.6 Å². The number of carbonyl (C=O) groups excluding carboxylic acids is 3. The molecule has 41 heavy (non-hydrogen) atoms. The molecule has 3 unspecified atom stereocenters. The van der Waals surface area contributed by atoms with Crippen LogP contribution in [-0.2, 0) is 22.6 Å². The summed E-state index contributed by atoms with van der Waals surface area (Å²) >= 11 is 2.82. The molecule has 1 aromatic heterocycles. The third kappa shape index (κ3) is 7.30. The Morgan fingerprint density at radius 2 is 1.80 bits per heavy atom. The minimum atomic E-state index is -1.57. The fraction of sp³-hybridized carbons (Fsp3) is 0.355. The van der Waals surface area contributed by atoms with Crippen LogP contribution in [0.4, 0.5) is 0 Å². The molecule has 0 radical (unpaired) electrons. The van der Waals surface area contributed by atoms with Gasteiger partial charge < -0.3 is 20.6 Å². The Kier molecular flexibility index (Phi) is 10.1. The van der Waals surface area contributed by atoms with Gasteiger partial charge in [0.05, 0.1) is 17.5 Å². The Balaban J connectivity index is 1.56. The van der Waals surface area contributed by atoms with Crippen LogP contribution in [0.5, 0.6) is 0 Å². The van der Waals surface area contributed by atoms with E-state index in [1.54, 1.807) is 18.3 Å². The SMILES string of the molecule is CSc1ncccc1C(=O)NC(Cc1ccccc1)C(O)C(=O)N1CSC(C)(C)C1C(=O)NCc1ccccc1C. The summed E-state index contributed by atoms with van der Waals surface area (Å²) in [4.78, 5) is 46.4. The largest absolute Gasteiger partial charge is 0.381 e. The number of amides is 3. The highest BCUT2D eigenvalue weighted by Crippen LogP contribution is 2.40. The van der Waals surface area contributed by atoms with Crippen LogP contribution in [0.2, 0.25) is 0 Å². The van der Waals surface area contributed by atoms with Crippen molar-refractivity contribution in [3.63, 3.8) is 0 Å². The number of hydrogen-bond acceptors (Lipinski definition) is 7. The standard InChI is InChI=1S/C31H36N4O4S2/c1-20-11-8-9-14-22(20)18-33-28(38)26-31(2,3)41-19-35(26)30(39)25(36)24(17-21-12-6-5-7-13-21)34-27(37)23-15-10-16-32-29(23)40-4/h5-16,24-26,36H,17-19H2,1-4H3,(H,33,38)(H,34,37). The molecule has 1 fully saturated rings. The first kappa shape index (κ1) is 30.6. The number of aliphatic hydroxyl groups is 1. The summed E-state index contributed by atoms with van der Waals surface area (Å²) in [5, 5.41) is 17.9. The summed E-state index contributed by atoms with van der Waals surface area (Å²) in [5.74, 6) is -1.07. The van der Waals surface area contributed by atoms with Crippen LogP contribution in [0.15, 0.2) is 78.0 Å². The Morgan fingerprint density at radius 1 is 1.10 bits per heavy atom. The van der Waals surface area contributed by atoms with E-state index in [0.717, 1.165) is 16.7 Å². The van der Waals surface area contributed by atoms with Crippen molar-refractivity contribution in [2.75, 3.05) is 12.1 Å². The highest BCUT2D eigenvalue weighted by atomic mass is 32.2. The van der Waals surface area contributed by atoms with Gasteiger partial charge >= 0.3 is 0 Å². The molecule has 1 aliphatic rings. The summed E-state index contributed by atoms with van der Waals surface area (Å²) in [5.41, 5.74) is 3.27. The Hall–Kier alpha value is -3.34. The van der Waals surface area contributed by atoms with Crippen LogP contribution in [0.3, 0.4) is 0 Å². The van der Waals surface area contributed by atoms with Crippen molar-refractivity contribution in [3.05, 3.63) is 95.2 Å². The Morgan fingerprint density at radius 3 is 2.51 bits per heavy atom. The van der Waals surface area contributed by atoms with Crippen LogP contribution >= 0.6 is 23.5 Å². The van der Waals surface area contributed by atoms with Crippen molar-refractivity contribution < 1.29 is 19.5 Å². The number of aromatic nitrogens is 1. The molecule has 0 spiro atoms. The minimum Gasteiger partial charge on any atom is -0.381 e. The normalized spacial score (nSPS) is 17.5. The number of carbonyl (C=O) groups is 3. The van der Waals surface area contributed by atoms with Crippen molar-refractivity contribution in [1.82, 2.24) is 20.5 Å². The molecule has 0 aliphatic carbocycles. The summed E-state index contributed by atoms with van der Waals surface area (Å²) in [7, 11) is 0. The smallest absolute Gasteiger partial charge is 0.254 e. The second kappa shape index (κ2) is 13.5. The highest BCUT2D eigenvalue weighted by Gasteiger charge is 2.49. The predicted molar refractivity (Wildman–Crippen MR) is 164 cm³/mol. The van der Waals surface area contributed by atoms with Gasteiger partial charge in [-0.25, -0.2) is 4.98 Å². The minimum absolute atomic E-state index is 0.225. The number of nitrogens with one attached hydrogen (secondary N) is 2. The molecule has 3 atom stereocenters. The van der Waals surface area contributed by atoms with Gasteiger partial charge in [0, 0.05) is 17.5 Å². The Bertz CT molecular complexity index is 1390. The van der Waals surface area contributed by atoms with Gasteiger partial charge in [0.1, 0.15) is 11.1 Å². The van der Waals surface area contributed by atoms with E-state index in [9.17, 15) is 19.5 Å². The highest BCUT2D eigenvalue weighted by molar-refractivity contribution is 8.00. The summed E-state index contributed by atoms with van der Waals surface area (Å²) in [6.07, 6.45) is 2.09. The number of thioether (sulfide) groups is 2. The lowest BCUT2D eigenvalue weighted by Crippen LogP contribution is -2.58. The molecule has 4 rings (SSSR count). The topological polar surface area (TPSA) is 112 Å². The van der Waals surface area contributed by atoms with Crippen molar-refractivity contribution >= 4 is 41.2 Å². The molecular weight excluding hydrogens is 556 g/mol. The molecule has 0 saturated carbocycles. The van der Waals surface area contributed by atoms with Gasteiger partial charge in [0.15, 0.2) is 6.10 Å². The molecule has 2 heterocycles. The third-order valence-electron chi connectivity index (χ3n) is 7.25. The molecule has 1 aliphatic heterocycles. The number of rotatable bonds is 10. The van der Waals surface area contributed by atoms with E-state index >= 15 is 0 Å². The van der Waals surface area contributed by atoms with E-state index in [0.29, 0.717) is 17.1 Å². The van der Waals surface area contributed by atoms with Crippen molar-refractivity contribution in [2.45, 2.75) is 61.7 Å². The first-order valence-corrected chi connectivity index (χ1v) is 15.6. The maximum Gasteiger partial charge on any atom is 0.254 e. The second-order valence-corrected chi connectivity index (χ2v) is 12.9. The zero-order valence-electron chi connectivity index (χ0n) is 23.7. The van der Waals surface area contributed by atoms with Crippen molar-refractivity contribution in [1.29, 1.82) is 0 Å². The lowest BCUT2D eigenvalue weighted by atomic mass is 9.97. The lowest BCUT2D eigenvalue weighted by molar-refractivity contribution is -0.147. The number of aliphatic hydroxyl groups excluding tert-OH is 1. The summed E-state index contributed by atoms with van der Waals surface area (Å²) < 4.78 is -0.577. The van der Waals surface area contributed by atoms with Crippen molar-refractivity contribution in [2.24, 2.45) is 0 Å². The number of nitrogens with zero attached hydrogens (tertiary/aromatic N) is 2. The number of aryl methyl sites for hydroxylation is 1. The van der Waals surface area contributed by atoms with Gasteiger partial charge in [-0.1, -0.05) is 54.6 Å². The maximum atomic E-state index is 13.9. The molecule has 8 nitrogen and oxygen atoms in total. The molecule has 216 valence electrons. The molecule has 0 bridgehead atoms. The fourth-order valence-corrected chi connectivity index (χ4v) is 6.61. The van der Waals surface area contributed by atoms with Crippen LogP contribution < -0.4 is 10.6 Å². The van der Waals surface area contributed by atoms with Gasteiger partial charge in [0.2, 0.25) is 5.91 Å². The first-order valence-electron chi connectivity index (χ1n) is 13.4. The fourth-order valence-electron chi connectivity index (χ4n) is 4.92. The van der Waals surface area contributed by atoms with E-state index in [-0.39, 0.29) is 18.2 Å². The monoisotopic (exact) mass is 592 g/mol. The lowest BCUT2D eigenvalue weighted by Gasteiger charge is -2.33. The molecule has 2 aromatic carbocycles. The van der Waals surface area contributed by atoms with Crippen LogP contribution in [-0.4, -0.2) is 67.8 Å².